The van der Waals surface area contributed by atoms with E-state index >= 15 is 0 Å². The quantitative estimate of drug-likeness (QED) is 0.822. The van der Waals surface area contributed by atoms with Crippen molar-refractivity contribution in [3.63, 3.8) is 0 Å². The third-order valence-electron chi connectivity index (χ3n) is 2.54. The van der Waals surface area contributed by atoms with Gasteiger partial charge in [-0.25, -0.2) is 0 Å². The first-order valence-corrected chi connectivity index (χ1v) is 4.96. The number of aliphatic carboxylic acids is 1. The lowest BCUT2D eigenvalue weighted by Crippen LogP contribution is -2.21. The maximum absolute atomic E-state index is 10.7. The predicted octanol–water partition coefficient (Wildman–Crippen LogP) is 2.15. The molecule has 0 bridgehead atoms. The van der Waals surface area contributed by atoms with E-state index in [1.54, 1.807) is 32.0 Å². The van der Waals surface area contributed by atoms with Crippen LogP contribution in [-0.2, 0) is 10.2 Å². The van der Waals surface area contributed by atoms with Crippen molar-refractivity contribution in [3.05, 3.63) is 23.8 Å². The molecule has 0 aliphatic carbocycles. The first-order chi connectivity index (χ1) is 7.38. The molecule has 0 amide bonds. The third-order valence-corrected chi connectivity index (χ3v) is 2.54. The summed E-state index contributed by atoms with van der Waals surface area (Å²) in [7, 11) is 1.46. The van der Waals surface area contributed by atoms with E-state index in [0.29, 0.717) is 11.3 Å². The van der Waals surface area contributed by atoms with Gasteiger partial charge >= 0.3 is 5.97 Å². The lowest BCUT2D eigenvalue weighted by Gasteiger charge is -2.24. The second-order valence-corrected chi connectivity index (χ2v) is 4.31. The number of carboxylic acid groups (broad SMARTS) is 1. The van der Waals surface area contributed by atoms with Crippen molar-refractivity contribution in [2.24, 2.45) is 0 Å². The van der Waals surface area contributed by atoms with Gasteiger partial charge in [-0.15, -0.1) is 0 Å². The van der Waals surface area contributed by atoms with Crippen molar-refractivity contribution < 1.29 is 19.7 Å². The topological polar surface area (TPSA) is 66.8 Å². The average molecular weight is 224 g/mol. The highest BCUT2D eigenvalue weighted by atomic mass is 16.5. The highest BCUT2D eigenvalue weighted by molar-refractivity contribution is 5.69. The monoisotopic (exact) mass is 224 g/mol. The molecule has 1 aromatic rings. The molecule has 0 aliphatic rings. The first-order valence-electron chi connectivity index (χ1n) is 4.96. The van der Waals surface area contributed by atoms with E-state index in [-0.39, 0.29) is 12.2 Å². The molecule has 0 unspecified atom stereocenters. The van der Waals surface area contributed by atoms with Crippen LogP contribution in [0.2, 0.25) is 0 Å². The number of phenols is 1. The lowest BCUT2D eigenvalue weighted by atomic mass is 9.81. The molecule has 2 N–H and O–H groups in total. The molecule has 88 valence electrons. The summed E-state index contributed by atoms with van der Waals surface area (Å²) in [6, 6.07) is 5.08. The van der Waals surface area contributed by atoms with Crippen LogP contribution in [0, 0.1) is 0 Å². The number of benzene rings is 1. The summed E-state index contributed by atoms with van der Waals surface area (Å²) in [5.74, 6) is -0.528. The minimum absolute atomic E-state index is 0.0104. The van der Waals surface area contributed by atoms with E-state index in [0.717, 1.165) is 0 Å². The van der Waals surface area contributed by atoms with Gasteiger partial charge in [-0.3, -0.25) is 4.79 Å². The number of carbonyl (C=O) groups is 1. The third kappa shape index (κ3) is 2.45. The van der Waals surface area contributed by atoms with Gasteiger partial charge in [-0.1, -0.05) is 26.0 Å². The predicted molar refractivity (Wildman–Crippen MR) is 59.9 cm³/mol. The zero-order chi connectivity index (χ0) is 12.3. The highest BCUT2D eigenvalue weighted by Crippen LogP contribution is 2.39. The molecule has 4 heteroatoms. The van der Waals surface area contributed by atoms with Gasteiger partial charge in [-0.2, -0.15) is 0 Å². The number of phenolic OH excluding ortho intramolecular Hbond substituents is 1. The Morgan fingerprint density at radius 2 is 2.06 bits per heavy atom. The van der Waals surface area contributed by atoms with Crippen LogP contribution < -0.4 is 4.74 Å². The summed E-state index contributed by atoms with van der Waals surface area (Å²) in [6.45, 7) is 3.55. The molecular weight excluding hydrogens is 208 g/mol. The van der Waals surface area contributed by atoms with Gasteiger partial charge < -0.3 is 14.9 Å². The van der Waals surface area contributed by atoms with E-state index in [4.69, 9.17) is 9.84 Å². The van der Waals surface area contributed by atoms with Gasteiger partial charge in [0.25, 0.3) is 0 Å². The van der Waals surface area contributed by atoms with Gasteiger partial charge in [0.15, 0.2) is 11.5 Å². The van der Waals surface area contributed by atoms with Gasteiger partial charge in [0.2, 0.25) is 0 Å². The number of rotatable bonds is 4. The van der Waals surface area contributed by atoms with Crippen molar-refractivity contribution >= 4 is 5.97 Å². The number of aromatic hydroxyl groups is 1. The second kappa shape index (κ2) is 4.43. The van der Waals surface area contributed by atoms with Crippen LogP contribution in [0.5, 0.6) is 11.5 Å². The van der Waals surface area contributed by atoms with Crippen molar-refractivity contribution in [3.8, 4) is 11.5 Å². The SMILES string of the molecule is COc1cccc(C(C)(C)CC(=O)O)c1O. The van der Waals surface area contributed by atoms with Crippen LogP contribution in [-0.4, -0.2) is 23.3 Å². The molecule has 1 rings (SSSR count). The van der Waals surface area contributed by atoms with Crippen molar-refractivity contribution in [2.75, 3.05) is 7.11 Å². The number of para-hydroxylation sites is 1. The standard InChI is InChI=1S/C12H16O4/c1-12(2,7-10(13)14)8-5-4-6-9(16-3)11(8)15/h4-6,15H,7H2,1-3H3,(H,13,14). The summed E-state index contributed by atoms with van der Waals surface area (Å²) in [5, 5.41) is 18.7. The maximum Gasteiger partial charge on any atom is 0.304 e. The molecule has 0 radical (unpaired) electrons. The smallest absolute Gasteiger partial charge is 0.304 e. The minimum Gasteiger partial charge on any atom is -0.504 e. The van der Waals surface area contributed by atoms with Gasteiger partial charge in [-0.05, 0) is 6.07 Å². The summed E-state index contributed by atoms with van der Waals surface area (Å²) >= 11 is 0. The average Bonchev–Trinajstić information content (AvgIpc) is 2.15. The number of hydrogen-bond donors (Lipinski definition) is 2. The van der Waals surface area contributed by atoms with Crippen molar-refractivity contribution in [1.29, 1.82) is 0 Å². The Kier molecular flexibility index (Phi) is 3.42. The molecule has 0 spiro atoms. The fraction of sp³-hybridized carbons (Fsp3) is 0.417. The molecule has 0 heterocycles. The fourth-order valence-corrected chi connectivity index (χ4v) is 1.71. The molecule has 16 heavy (non-hydrogen) atoms. The van der Waals surface area contributed by atoms with Crippen LogP contribution >= 0.6 is 0 Å². The van der Waals surface area contributed by atoms with Crippen LogP contribution in [0.15, 0.2) is 18.2 Å². The first kappa shape index (κ1) is 12.4. The summed E-state index contributed by atoms with van der Waals surface area (Å²) in [5.41, 5.74) is -0.0565. The van der Waals surface area contributed by atoms with Crippen LogP contribution in [0.3, 0.4) is 0 Å². The lowest BCUT2D eigenvalue weighted by molar-refractivity contribution is -0.138. The molecule has 0 aliphatic heterocycles. The molecule has 0 aromatic heterocycles. The zero-order valence-electron chi connectivity index (χ0n) is 9.65. The van der Waals surface area contributed by atoms with Gasteiger partial charge in [0, 0.05) is 11.0 Å². The van der Waals surface area contributed by atoms with E-state index in [2.05, 4.69) is 0 Å². The molecule has 1 aromatic carbocycles. The van der Waals surface area contributed by atoms with Crippen molar-refractivity contribution in [2.45, 2.75) is 25.7 Å². The van der Waals surface area contributed by atoms with Gasteiger partial charge in [0.05, 0.1) is 13.5 Å². The maximum atomic E-state index is 10.7. The largest absolute Gasteiger partial charge is 0.504 e. The number of ether oxygens (including phenoxy) is 1. The Morgan fingerprint density at radius 3 is 2.56 bits per heavy atom. The Labute approximate surface area is 94.5 Å². The molecule has 4 nitrogen and oxygen atoms in total. The minimum atomic E-state index is -0.896. The molecule has 0 saturated heterocycles. The number of carboxylic acids is 1. The Hall–Kier alpha value is -1.71. The summed E-state index contributed by atoms with van der Waals surface area (Å²) in [4.78, 5) is 10.7. The zero-order valence-corrected chi connectivity index (χ0v) is 9.65. The Morgan fingerprint density at radius 1 is 1.44 bits per heavy atom. The van der Waals surface area contributed by atoms with Crippen molar-refractivity contribution in [1.82, 2.24) is 0 Å². The molecule has 0 saturated carbocycles. The van der Waals surface area contributed by atoms with Crippen LogP contribution in [0.25, 0.3) is 0 Å². The highest BCUT2D eigenvalue weighted by Gasteiger charge is 2.28. The second-order valence-electron chi connectivity index (χ2n) is 4.31. The van der Waals surface area contributed by atoms with E-state index < -0.39 is 11.4 Å². The normalized spacial score (nSPS) is 11.2. The Balaban J connectivity index is 3.17. The molecular formula is C12H16O4. The summed E-state index contributed by atoms with van der Waals surface area (Å²) in [6.07, 6.45) is -0.0479. The molecule has 0 fully saturated rings. The summed E-state index contributed by atoms with van der Waals surface area (Å²) < 4.78 is 4.99. The van der Waals surface area contributed by atoms with Crippen LogP contribution in [0.1, 0.15) is 25.8 Å². The van der Waals surface area contributed by atoms with Crippen LogP contribution in [0.4, 0.5) is 0 Å². The number of methoxy groups -OCH3 is 1. The number of hydrogen-bond acceptors (Lipinski definition) is 3. The fourth-order valence-electron chi connectivity index (χ4n) is 1.71. The van der Waals surface area contributed by atoms with Gasteiger partial charge in [0.1, 0.15) is 0 Å². The van der Waals surface area contributed by atoms with E-state index in [9.17, 15) is 9.90 Å². The van der Waals surface area contributed by atoms with E-state index in [1.807, 2.05) is 0 Å². The molecule has 0 atom stereocenters. The van der Waals surface area contributed by atoms with E-state index in [1.165, 1.54) is 7.11 Å². The Bertz CT molecular complexity index is 396.